The summed E-state index contributed by atoms with van der Waals surface area (Å²) >= 11 is 0. The summed E-state index contributed by atoms with van der Waals surface area (Å²) in [5.41, 5.74) is 0.700. The van der Waals surface area contributed by atoms with E-state index in [1.165, 1.54) is 0 Å². The summed E-state index contributed by atoms with van der Waals surface area (Å²) in [7, 11) is 0. The van der Waals surface area contributed by atoms with Crippen LogP contribution < -0.4 is 15.0 Å². The second-order valence-electron chi connectivity index (χ2n) is 6.27. The number of nitrogens with zero attached hydrogens (tertiary/aromatic N) is 3. The lowest BCUT2D eigenvalue weighted by Crippen LogP contribution is -2.45. The van der Waals surface area contributed by atoms with E-state index < -0.39 is 6.10 Å². The van der Waals surface area contributed by atoms with Gasteiger partial charge in [0.25, 0.3) is 5.91 Å². The van der Waals surface area contributed by atoms with Gasteiger partial charge in [0.1, 0.15) is 11.6 Å². The van der Waals surface area contributed by atoms with Gasteiger partial charge in [-0.05, 0) is 32.9 Å². The first-order valence-corrected chi connectivity index (χ1v) is 8.38. The first kappa shape index (κ1) is 17.0. The van der Waals surface area contributed by atoms with E-state index in [2.05, 4.69) is 10.4 Å². The molecular weight excluding hydrogens is 320 g/mol. The van der Waals surface area contributed by atoms with Crippen molar-refractivity contribution in [2.75, 3.05) is 16.8 Å². The minimum absolute atomic E-state index is 0.140. The summed E-state index contributed by atoms with van der Waals surface area (Å²) in [6, 6.07) is 9.27. The number of carbonyl (C=O) groups excluding carboxylic acids is 2. The number of hydrogen-bond donors (Lipinski definition) is 1. The highest BCUT2D eigenvalue weighted by atomic mass is 16.5. The van der Waals surface area contributed by atoms with Crippen LogP contribution in [0.25, 0.3) is 0 Å². The molecule has 0 bridgehead atoms. The number of benzene rings is 1. The zero-order valence-electron chi connectivity index (χ0n) is 14.6. The van der Waals surface area contributed by atoms with Gasteiger partial charge in [0.2, 0.25) is 5.91 Å². The zero-order valence-corrected chi connectivity index (χ0v) is 14.6. The van der Waals surface area contributed by atoms with Crippen LogP contribution in [-0.4, -0.2) is 34.2 Å². The fraction of sp³-hybridized carbons (Fsp3) is 0.389. The van der Waals surface area contributed by atoms with E-state index in [0.717, 1.165) is 0 Å². The first-order chi connectivity index (χ1) is 12.0. The molecule has 0 aliphatic carbocycles. The molecule has 1 aromatic heterocycles. The molecule has 0 saturated carbocycles. The molecule has 0 fully saturated rings. The molecule has 1 aliphatic rings. The molecule has 1 N–H and O–H groups in total. The van der Waals surface area contributed by atoms with Crippen molar-refractivity contribution in [3.05, 3.63) is 36.5 Å². The summed E-state index contributed by atoms with van der Waals surface area (Å²) < 4.78 is 7.35. The normalized spacial score (nSPS) is 16.6. The average Bonchev–Trinajstić information content (AvgIpc) is 3.03. The van der Waals surface area contributed by atoms with Gasteiger partial charge in [-0.2, -0.15) is 5.10 Å². The van der Waals surface area contributed by atoms with Crippen LogP contribution >= 0.6 is 0 Å². The molecule has 1 aliphatic heterocycles. The smallest absolute Gasteiger partial charge is 0.267 e. The Balaban J connectivity index is 1.67. The van der Waals surface area contributed by atoms with Crippen LogP contribution in [0.15, 0.2) is 36.5 Å². The van der Waals surface area contributed by atoms with E-state index in [-0.39, 0.29) is 24.3 Å². The van der Waals surface area contributed by atoms with Crippen LogP contribution in [0.5, 0.6) is 5.75 Å². The second-order valence-corrected chi connectivity index (χ2v) is 6.27. The van der Waals surface area contributed by atoms with Crippen molar-refractivity contribution in [2.45, 2.75) is 39.3 Å². The van der Waals surface area contributed by atoms with E-state index in [9.17, 15) is 9.59 Å². The molecule has 132 valence electrons. The Bertz CT molecular complexity index is 784. The third-order valence-corrected chi connectivity index (χ3v) is 4.06. The maximum Gasteiger partial charge on any atom is 0.267 e. The average molecular weight is 342 g/mol. The van der Waals surface area contributed by atoms with Crippen LogP contribution in [0.4, 0.5) is 11.5 Å². The van der Waals surface area contributed by atoms with Crippen LogP contribution in [0.2, 0.25) is 0 Å². The Morgan fingerprint density at radius 1 is 1.32 bits per heavy atom. The number of rotatable bonds is 5. The molecule has 2 amide bonds. The van der Waals surface area contributed by atoms with Crippen molar-refractivity contribution in [1.82, 2.24) is 9.78 Å². The van der Waals surface area contributed by atoms with Crippen molar-refractivity contribution in [2.24, 2.45) is 0 Å². The van der Waals surface area contributed by atoms with Gasteiger partial charge in [-0.15, -0.1) is 0 Å². The minimum Gasteiger partial charge on any atom is -0.479 e. The SMILES string of the molecule is CC(C)n1nccc1NC(=O)CCN1C(=O)[C@H](C)Oc2ccccc21. The van der Waals surface area contributed by atoms with Crippen molar-refractivity contribution >= 4 is 23.3 Å². The van der Waals surface area contributed by atoms with Gasteiger partial charge in [0, 0.05) is 25.1 Å². The second kappa shape index (κ2) is 6.96. The molecule has 0 saturated heterocycles. The summed E-state index contributed by atoms with van der Waals surface area (Å²) in [6.45, 7) is 6.00. The highest BCUT2D eigenvalue weighted by Gasteiger charge is 2.31. The Hall–Kier alpha value is -2.83. The van der Waals surface area contributed by atoms with E-state index in [0.29, 0.717) is 23.8 Å². The van der Waals surface area contributed by atoms with Gasteiger partial charge in [-0.3, -0.25) is 9.59 Å². The van der Waals surface area contributed by atoms with Gasteiger partial charge in [0.15, 0.2) is 6.10 Å². The van der Waals surface area contributed by atoms with Gasteiger partial charge in [-0.1, -0.05) is 12.1 Å². The summed E-state index contributed by atoms with van der Waals surface area (Å²) in [6.07, 6.45) is 1.29. The Morgan fingerprint density at radius 3 is 2.84 bits per heavy atom. The lowest BCUT2D eigenvalue weighted by molar-refractivity contribution is -0.125. The van der Waals surface area contributed by atoms with Crippen LogP contribution in [0.1, 0.15) is 33.2 Å². The van der Waals surface area contributed by atoms with Crippen molar-refractivity contribution in [3.8, 4) is 5.75 Å². The van der Waals surface area contributed by atoms with Gasteiger partial charge < -0.3 is 15.0 Å². The number of hydrogen-bond acceptors (Lipinski definition) is 4. The van der Waals surface area contributed by atoms with Gasteiger partial charge >= 0.3 is 0 Å². The third-order valence-electron chi connectivity index (χ3n) is 4.06. The first-order valence-electron chi connectivity index (χ1n) is 8.38. The lowest BCUT2D eigenvalue weighted by Gasteiger charge is -2.32. The fourth-order valence-corrected chi connectivity index (χ4v) is 2.83. The number of amides is 2. The standard InChI is InChI=1S/C18H22N4O3/c1-12(2)22-16(8-10-19-22)20-17(23)9-11-21-14-6-4-5-7-15(14)25-13(3)18(21)24/h4-8,10,12-13H,9,11H2,1-3H3,(H,20,23)/t13-/m0/s1. The third kappa shape index (κ3) is 3.50. The molecule has 1 atom stereocenters. The summed E-state index contributed by atoms with van der Waals surface area (Å²) in [5, 5.41) is 7.05. The van der Waals surface area contributed by atoms with Crippen LogP contribution in [0.3, 0.4) is 0 Å². The maximum absolute atomic E-state index is 12.4. The predicted octanol–water partition coefficient (Wildman–Crippen LogP) is 2.61. The van der Waals surface area contributed by atoms with Crippen molar-refractivity contribution < 1.29 is 14.3 Å². The molecule has 25 heavy (non-hydrogen) atoms. The molecular formula is C18H22N4O3. The van der Waals surface area contributed by atoms with E-state index in [1.54, 1.807) is 28.8 Å². The number of nitrogens with one attached hydrogen (secondary N) is 1. The molecule has 1 aromatic carbocycles. The number of fused-ring (bicyclic) bond motifs is 1. The zero-order chi connectivity index (χ0) is 18.0. The fourth-order valence-electron chi connectivity index (χ4n) is 2.83. The Labute approximate surface area is 146 Å². The molecule has 7 heteroatoms. The highest BCUT2D eigenvalue weighted by Crippen LogP contribution is 2.33. The van der Waals surface area contributed by atoms with Crippen molar-refractivity contribution in [3.63, 3.8) is 0 Å². The predicted molar refractivity (Wildman–Crippen MR) is 94.7 cm³/mol. The molecule has 3 rings (SSSR count). The quantitative estimate of drug-likeness (QED) is 0.906. The minimum atomic E-state index is -0.555. The van der Waals surface area contributed by atoms with E-state index in [1.807, 2.05) is 38.1 Å². The molecule has 7 nitrogen and oxygen atoms in total. The van der Waals surface area contributed by atoms with Gasteiger partial charge in [0.05, 0.1) is 11.9 Å². The number of para-hydroxylation sites is 2. The number of ether oxygens (including phenoxy) is 1. The van der Waals surface area contributed by atoms with E-state index in [4.69, 9.17) is 4.74 Å². The number of carbonyl (C=O) groups is 2. The monoisotopic (exact) mass is 342 g/mol. The Morgan fingerprint density at radius 2 is 2.08 bits per heavy atom. The maximum atomic E-state index is 12.4. The molecule has 0 radical (unpaired) electrons. The lowest BCUT2D eigenvalue weighted by atomic mass is 10.1. The highest BCUT2D eigenvalue weighted by molar-refractivity contribution is 6.00. The number of anilines is 2. The Kier molecular flexibility index (Phi) is 4.74. The van der Waals surface area contributed by atoms with E-state index >= 15 is 0 Å². The molecule has 2 aromatic rings. The van der Waals surface area contributed by atoms with Gasteiger partial charge in [-0.25, -0.2) is 4.68 Å². The van der Waals surface area contributed by atoms with Crippen molar-refractivity contribution in [1.29, 1.82) is 0 Å². The molecule has 0 unspecified atom stereocenters. The summed E-state index contributed by atoms with van der Waals surface area (Å²) in [5.74, 6) is 1.01. The summed E-state index contributed by atoms with van der Waals surface area (Å²) in [4.78, 5) is 26.3. The van der Waals surface area contributed by atoms with Crippen LogP contribution in [-0.2, 0) is 9.59 Å². The largest absolute Gasteiger partial charge is 0.479 e. The topological polar surface area (TPSA) is 76.5 Å². The van der Waals surface area contributed by atoms with Crippen LogP contribution in [0, 0.1) is 0 Å². The molecule has 2 heterocycles. The molecule has 0 spiro atoms. The number of aromatic nitrogens is 2.